The number of aromatic hydroxyl groups is 1. The Morgan fingerprint density at radius 3 is 2.33 bits per heavy atom. The van der Waals surface area contributed by atoms with Crippen LogP contribution in [0.3, 0.4) is 0 Å². The van der Waals surface area contributed by atoms with Gasteiger partial charge in [0, 0.05) is 5.56 Å². The molecule has 126 valence electrons. The fraction of sp³-hybridized carbons (Fsp3) is 0.167. The van der Waals surface area contributed by atoms with E-state index in [1.807, 2.05) is 0 Å². The topological polar surface area (TPSA) is 65.0 Å². The van der Waals surface area contributed by atoms with Gasteiger partial charge < -0.3 is 19.3 Å². The molecule has 0 aliphatic rings. The van der Waals surface area contributed by atoms with Crippen molar-refractivity contribution in [2.24, 2.45) is 0 Å². The van der Waals surface area contributed by atoms with Crippen molar-refractivity contribution >= 4 is 23.5 Å². The Morgan fingerprint density at radius 2 is 1.75 bits per heavy atom. The number of halogens is 1. The maximum Gasteiger partial charge on any atom is 0.204 e. The number of hydrogen-bond donors (Lipinski definition) is 1. The average Bonchev–Trinajstić information content (AvgIpc) is 2.60. The molecule has 0 radical (unpaired) electrons. The van der Waals surface area contributed by atoms with Crippen LogP contribution >= 0.6 is 11.6 Å². The second-order valence-corrected chi connectivity index (χ2v) is 5.14. The molecular formula is C18H17ClO5. The van der Waals surface area contributed by atoms with Crippen LogP contribution in [0.4, 0.5) is 0 Å². The van der Waals surface area contributed by atoms with Crippen molar-refractivity contribution in [1.29, 1.82) is 0 Å². The van der Waals surface area contributed by atoms with Gasteiger partial charge in [-0.2, -0.15) is 0 Å². The normalized spacial score (nSPS) is 10.7. The van der Waals surface area contributed by atoms with E-state index in [-0.39, 0.29) is 22.1 Å². The minimum absolute atomic E-state index is 0.0804. The summed E-state index contributed by atoms with van der Waals surface area (Å²) in [5.41, 5.74) is 0.729. The van der Waals surface area contributed by atoms with Gasteiger partial charge in [0.1, 0.15) is 5.75 Å². The molecule has 0 fully saturated rings. The van der Waals surface area contributed by atoms with Gasteiger partial charge in [-0.25, -0.2) is 0 Å². The highest BCUT2D eigenvalue weighted by Gasteiger charge is 2.18. The maximum absolute atomic E-state index is 12.2. The first-order valence-corrected chi connectivity index (χ1v) is 7.40. The summed E-state index contributed by atoms with van der Waals surface area (Å²) in [6, 6.07) is 7.95. The summed E-state index contributed by atoms with van der Waals surface area (Å²) in [5.74, 6) is 0.678. The van der Waals surface area contributed by atoms with E-state index in [9.17, 15) is 9.90 Å². The molecule has 0 amide bonds. The van der Waals surface area contributed by atoms with E-state index in [0.29, 0.717) is 22.8 Å². The third-order valence-corrected chi connectivity index (χ3v) is 3.77. The summed E-state index contributed by atoms with van der Waals surface area (Å²) >= 11 is 6.31. The first kappa shape index (κ1) is 17.7. The van der Waals surface area contributed by atoms with Crippen LogP contribution in [-0.2, 0) is 0 Å². The van der Waals surface area contributed by atoms with E-state index in [1.54, 1.807) is 24.3 Å². The van der Waals surface area contributed by atoms with Gasteiger partial charge in [-0.1, -0.05) is 23.7 Å². The fourth-order valence-electron chi connectivity index (χ4n) is 2.20. The zero-order chi connectivity index (χ0) is 17.7. The van der Waals surface area contributed by atoms with Gasteiger partial charge >= 0.3 is 0 Å². The minimum Gasteiger partial charge on any atom is -0.507 e. The second-order valence-electron chi connectivity index (χ2n) is 4.76. The van der Waals surface area contributed by atoms with Gasteiger partial charge in [0.15, 0.2) is 17.3 Å². The summed E-state index contributed by atoms with van der Waals surface area (Å²) in [6.45, 7) is 0. The molecule has 0 bridgehead atoms. The fourth-order valence-corrected chi connectivity index (χ4v) is 2.48. The number of ketones is 1. The van der Waals surface area contributed by atoms with Crippen molar-refractivity contribution < 1.29 is 24.1 Å². The number of phenols is 1. The highest BCUT2D eigenvalue weighted by molar-refractivity contribution is 6.34. The lowest BCUT2D eigenvalue weighted by Gasteiger charge is -2.15. The molecule has 24 heavy (non-hydrogen) atoms. The monoisotopic (exact) mass is 348 g/mol. The lowest BCUT2D eigenvalue weighted by molar-refractivity contribution is 0.104. The smallest absolute Gasteiger partial charge is 0.204 e. The number of benzene rings is 2. The van der Waals surface area contributed by atoms with Crippen molar-refractivity contribution in [2.45, 2.75) is 0 Å². The Hall–Kier alpha value is -2.66. The molecule has 0 heterocycles. The molecule has 2 aromatic carbocycles. The summed E-state index contributed by atoms with van der Waals surface area (Å²) < 4.78 is 15.8. The number of methoxy groups -OCH3 is 3. The number of hydrogen-bond acceptors (Lipinski definition) is 5. The maximum atomic E-state index is 12.2. The molecule has 2 aromatic rings. The van der Waals surface area contributed by atoms with Crippen LogP contribution in [0, 0.1) is 0 Å². The SMILES string of the molecule is COc1cc(C=CC(=O)c2ccccc2O)c(Cl)c(OC)c1OC. The van der Waals surface area contributed by atoms with Crippen molar-refractivity contribution in [2.75, 3.05) is 21.3 Å². The number of ether oxygens (including phenoxy) is 3. The van der Waals surface area contributed by atoms with Crippen LogP contribution in [0.2, 0.25) is 5.02 Å². The molecule has 1 N–H and O–H groups in total. The Labute approximate surface area is 145 Å². The predicted molar refractivity (Wildman–Crippen MR) is 92.6 cm³/mol. The average molecular weight is 349 g/mol. The van der Waals surface area contributed by atoms with Crippen LogP contribution in [-0.4, -0.2) is 32.2 Å². The highest BCUT2D eigenvalue weighted by Crippen LogP contribution is 2.45. The first-order chi connectivity index (χ1) is 11.5. The lowest BCUT2D eigenvalue weighted by Crippen LogP contribution is -1.98. The van der Waals surface area contributed by atoms with E-state index < -0.39 is 0 Å². The van der Waals surface area contributed by atoms with E-state index in [2.05, 4.69) is 0 Å². The molecule has 0 saturated heterocycles. The second kappa shape index (κ2) is 7.75. The molecule has 0 aliphatic heterocycles. The van der Waals surface area contributed by atoms with Crippen LogP contribution in [0.25, 0.3) is 6.08 Å². The van der Waals surface area contributed by atoms with E-state index in [4.69, 9.17) is 25.8 Å². The zero-order valence-electron chi connectivity index (χ0n) is 13.5. The third-order valence-electron chi connectivity index (χ3n) is 3.38. The van der Waals surface area contributed by atoms with Crippen LogP contribution in [0.15, 0.2) is 36.4 Å². The Kier molecular flexibility index (Phi) is 5.71. The molecule has 0 atom stereocenters. The Balaban J connectivity index is 2.42. The quantitative estimate of drug-likeness (QED) is 0.632. The number of carbonyl (C=O) groups excluding carboxylic acids is 1. The Bertz CT molecular complexity index is 783. The van der Waals surface area contributed by atoms with Crippen LogP contribution in [0.5, 0.6) is 23.0 Å². The molecule has 5 nitrogen and oxygen atoms in total. The molecule has 2 rings (SSSR count). The van der Waals surface area contributed by atoms with Crippen molar-refractivity contribution in [1.82, 2.24) is 0 Å². The van der Waals surface area contributed by atoms with Gasteiger partial charge in [-0.05, 0) is 30.4 Å². The van der Waals surface area contributed by atoms with Gasteiger partial charge in [0.25, 0.3) is 0 Å². The summed E-state index contributed by atoms with van der Waals surface area (Å²) in [5, 5.41) is 10.0. The van der Waals surface area contributed by atoms with Crippen LogP contribution in [0.1, 0.15) is 15.9 Å². The first-order valence-electron chi connectivity index (χ1n) is 7.02. The van der Waals surface area contributed by atoms with Gasteiger partial charge in [-0.15, -0.1) is 0 Å². The number of phenolic OH excluding ortho intramolecular Hbond substituents is 1. The molecule has 0 unspecified atom stereocenters. The number of rotatable bonds is 6. The molecule has 0 aliphatic carbocycles. The van der Waals surface area contributed by atoms with Gasteiger partial charge in [0.2, 0.25) is 5.75 Å². The summed E-state index contributed by atoms with van der Waals surface area (Å²) in [4.78, 5) is 12.2. The molecule has 0 aromatic heterocycles. The predicted octanol–water partition coefficient (Wildman–Crippen LogP) is 3.97. The lowest BCUT2D eigenvalue weighted by atomic mass is 10.1. The molecular weight excluding hydrogens is 332 g/mol. The largest absolute Gasteiger partial charge is 0.507 e. The van der Waals surface area contributed by atoms with Crippen molar-refractivity contribution in [3.63, 3.8) is 0 Å². The standard InChI is InChI=1S/C18H17ClO5/c1-22-15-10-11(16(19)18(24-3)17(15)23-2)8-9-14(21)12-6-4-5-7-13(12)20/h4-10,20H,1-3H3. The number of allylic oxidation sites excluding steroid dienone is 1. The molecule has 0 spiro atoms. The number of carbonyl (C=O) groups is 1. The van der Waals surface area contributed by atoms with Crippen LogP contribution < -0.4 is 14.2 Å². The summed E-state index contributed by atoms with van der Waals surface area (Å²) in [7, 11) is 4.43. The highest BCUT2D eigenvalue weighted by atomic mass is 35.5. The molecule has 6 heteroatoms. The van der Waals surface area contributed by atoms with Gasteiger partial charge in [0.05, 0.1) is 31.9 Å². The summed E-state index contributed by atoms with van der Waals surface area (Å²) in [6.07, 6.45) is 2.85. The van der Waals surface area contributed by atoms with E-state index >= 15 is 0 Å². The van der Waals surface area contributed by atoms with E-state index in [1.165, 1.54) is 39.5 Å². The third kappa shape index (κ3) is 3.46. The minimum atomic E-state index is -0.349. The zero-order valence-corrected chi connectivity index (χ0v) is 14.3. The number of para-hydroxylation sites is 1. The van der Waals surface area contributed by atoms with Gasteiger partial charge in [-0.3, -0.25) is 4.79 Å². The van der Waals surface area contributed by atoms with E-state index in [0.717, 1.165) is 0 Å². The van der Waals surface area contributed by atoms with Crippen molar-refractivity contribution in [3.8, 4) is 23.0 Å². The molecule has 0 saturated carbocycles. The Morgan fingerprint density at radius 1 is 1.08 bits per heavy atom. The van der Waals surface area contributed by atoms with Crippen molar-refractivity contribution in [3.05, 3.63) is 52.6 Å².